The van der Waals surface area contributed by atoms with Crippen LogP contribution >= 0.6 is 0 Å². The van der Waals surface area contributed by atoms with Crippen LogP contribution in [0.1, 0.15) is 32.9 Å². The van der Waals surface area contributed by atoms with Crippen molar-refractivity contribution in [2.45, 2.75) is 27.7 Å². The highest BCUT2D eigenvalue weighted by Crippen LogP contribution is 2.20. The summed E-state index contributed by atoms with van der Waals surface area (Å²) in [5.41, 5.74) is 5.09. The number of hydrogen-bond acceptors (Lipinski definition) is 3. The van der Waals surface area contributed by atoms with Crippen LogP contribution in [-0.2, 0) is 0 Å². The standard InChI is InChI=1S/C19H19FN4O/c1-11-5-7-16(12(2)9-11)21-19(25)18-14(4)24(23-22-18)17-8-6-15(20)10-13(17)3/h5-10H,1-4H3,(H,21,25). The maximum atomic E-state index is 13.3. The minimum atomic E-state index is -0.324. The molecule has 6 heteroatoms. The van der Waals surface area contributed by atoms with Crippen LogP contribution in [0.2, 0.25) is 0 Å². The molecule has 0 aliphatic carbocycles. The maximum absolute atomic E-state index is 13.3. The molecule has 0 saturated heterocycles. The quantitative estimate of drug-likeness (QED) is 0.788. The molecule has 128 valence electrons. The third-order valence-corrected chi connectivity index (χ3v) is 4.13. The van der Waals surface area contributed by atoms with Crippen LogP contribution in [-0.4, -0.2) is 20.9 Å². The summed E-state index contributed by atoms with van der Waals surface area (Å²) >= 11 is 0. The van der Waals surface area contributed by atoms with Crippen molar-refractivity contribution in [3.8, 4) is 5.69 Å². The molecule has 3 aromatic rings. The summed E-state index contributed by atoms with van der Waals surface area (Å²) in [6.45, 7) is 7.49. The van der Waals surface area contributed by atoms with Crippen LogP contribution in [0, 0.1) is 33.5 Å². The monoisotopic (exact) mass is 338 g/mol. The smallest absolute Gasteiger partial charge is 0.278 e. The lowest BCUT2D eigenvalue weighted by molar-refractivity contribution is 0.102. The highest BCUT2D eigenvalue weighted by molar-refractivity contribution is 6.04. The molecule has 0 aliphatic heterocycles. The molecule has 0 spiro atoms. The average molecular weight is 338 g/mol. The van der Waals surface area contributed by atoms with Gasteiger partial charge in [-0.05, 0) is 63.1 Å². The number of nitrogens with one attached hydrogen (secondary N) is 1. The van der Waals surface area contributed by atoms with Crippen molar-refractivity contribution in [3.05, 3.63) is 70.3 Å². The summed E-state index contributed by atoms with van der Waals surface area (Å²) in [6, 6.07) is 10.2. The first-order valence-corrected chi connectivity index (χ1v) is 7.94. The van der Waals surface area contributed by atoms with Gasteiger partial charge in [0, 0.05) is 5.69 Å². The number of amides is 1. The first-order valence-electron chi connectivity index (χ1n) is 7.94. The van der Waals surface area contributed by atoms with Gasteiger partial charge >= 0.3 is 0 Å². The van der Waals surface area contributed by atoms with Gasteiger partial charge in [-0.2, -0.15) is 0 Å². The second kappa shape index (κ2) is 6.47. The zero-order valence-corrected chi connectivity index (χ0v) is 14.6. The minimum Gasteiger partial charge on any atom is -0.320 e. The summed E-state index contributed by atoms with van der Waals surface area (Å²) in [5.74, 6) is -0.637. The lowest BCUT2D eigenvalue weighted by Gasteiger charge is -2.09. The van der Waals surface area contributed by atoms with E-state index in [0.717, 1.165) is 16.8 Å². The van der Waals surface area contributed by atoms with Crippen LogP contribution < -0.4 is 5.32 Å². The summed E-state index contributed by atoms with van der Waals surface area (Å²) in [6.07, 6.45) is 0. The van der Waals surface area contributed by atoms with Gasteiger partial charge in [0.2, 0.25) is 0 Å². The van der Waals surface area contributed by atoms with E-state index in [9.17, 15) is 9.18 Å². The summed E-state index contributed by atoms with van der Waals surface area (Å²) in [7, 11) is 0. The lowest BCUT2D eigenvalue weighted by atomic mass is 10.1. The van der Waals surface area contributed by atoms with E-state index >= 15 is 0 Å². The van der Waals surface area contributed by atoms with Gasteiger partial charge < -0.3 is 5.32 Å². The van der Waals surface area contributed by atoms with E-state index in [0.29, 0.717) is 16.9 Å². The van der Waals surface area contributed by atoms with Crippen molar-refractivity contribution in [2.24, 2.45) is 0 Å². The number of rotatable bonds is 3. The number of carbonyl (C=O) groups is 1. The van der Waals surface area contributed by atoms with Crippen LogP contribution in [0.3, 0.4) is 0 Å². The molecule has 25 heavy (non-hydrogen) atoms. The molecule has 1 heterocycles. The lowest BCUT2D eigenvalue weighted by Crippen LogP contribution is -2.15. The summed E-state index contributed by atoms with van der Waals surface area (Å²) < 4.78 is 14.8. The molecule has 0 saturated carbocycles. The fourth-order valence-corrected chi connectivity index (χ4v) is 2.76. The second-order valence-electron chi connectivity index (χ2n) is 6.14. The second-order valence-corrected chi connectivity index (χ2v) is 6.14. The molecular weight excluding hydrogens is 319 g/mol. The minimum absolute atomic E-state index is 0.240. The SMILES string of the molecule is Cc1ccc(NC(=O)c2nnn(-c3ccc(F)cc3C)c2C)c(C)c1. The Labute approximate surface area is 145 Å². The molecule has 1 amide bonds. The molecule has 0 aliphatic rings. The van der Waals surface area contributed by atoms with Crippen molar-refractivity contribution < 1.29 is 9.18 Å². The van der Waals surface area contributed by atoms with E-state index < -0.39 is 0 Å². The molecule has 3 rings (SSSR count). The maximum Gasteiger partial charge on any atom is 0.278 e. The normalized spacial score (nSPS) is 10.8. The third kappa shape index (κ3) is 3.28. The van der Waals surface area contributed by atoms with Gasteiger partial charge in [0.15, 0.2) is 5.69 Å². The van der Waals surface area contributed by atoms with Gasteiger partial charge in [-0.25, -0.2) is 9.07 Å². The molecule has 0 atom stereocenters. The Kier molecular flexibility index (Phi) is 4.35. The first kappa shape index (κ1) is 16.8. The molecular formula is C19H19FN4O. The zero-order chi connectivity index (χ0) is 18.1. The largest absolute Gasteiger partial charge is 0.320 e. The topological polar surface area (TPSA) is 59.8 Å². The molecule has 0 unspecified atom stereocenters. The number of aromatic nitrogens is 3. The van der Waals surface area contributed by atoms with E-state index in [2.05, 4.69) is 15.6 Å². The average Bonchev–Trinajstić information content (AvgIpc) is 2.92. The number of nitrogens with zero attached hydrogens (tertiary/aromatic N) is 3. The predicted octanol–water partition coefficient (Wildman–Crippen LogP) is 3.89. The Morgan fingerprint density at radius 1 is 1.04 bits per heavy atom. The molecule has 1 N–H and O–H groups in total. The van der Waals surface area contributed by atoms with Crippen LogP contribution in [0.15, 0.2) is 36.4 Å². The van der Waals surface area contributed by atoms with Gasteiger partial charge in [-0.3, -0.25) is 4.79 Å². The van der Waals surface area contributed by atoms with E-state index in [4.69, 9.17) is 0 Å². The highest BCUT2D eigenvalue weighted by Gasteiger charge is 2.19. The summed E-state index contributed by atoms with van der Waals surface area (Å²) in [4.78, 5) is 12.6. The molecule has 0 bridgehead atoms. The number of hydrogen-bond donors (Lipinski definition) is 1. The molecule has 5 nitrogen and oxygen atoms in total. The van der Waals surface area contributed by atoms with Crippen molar-refractivity contribution >= 4 is 11.6 Å². The van der Waals surface area contributed by atoms with Gasteiger partial charge in [0.05, 0.1) is 11.4 Å². The molecule has 2 aromatic carbocycles. The first-order chi connectivity index (χ1) is 11.9. The predicted molar refractivity (Wildman–Crippen MR) is 94.7 cm³/mol. The molecule has 1 aromatic heterocycles. The van der Waals surface area contributed by atoms with Crippen LogP contribution in [0.4, 0.5) is 10.1 Å². The van der Waals surface area contributed by atoms with E-state index in [1.54, 1.807) is 24.6 Å². The van der Waals surface area contributed by atoms with Gasteiger partial charge in [-0.1, -0.05) is 22.9 Å². The highest BCUT2D eigenvalue weighted by atomic mass is 19.1. The Morgan fingerprint density at radius 3 is 2.48 bits per heavy atom. The van der Waals surface area contributed by atoms with Gasteiger partial charge in [0.1, 0.15) is 5.82 Å². The molecule has 0 radical (unpaired) electrons. The van der Waals surface area contributed by atoms with Crippen LogP contribution in [0.5, 0.6) is 0 Å². The Bertz CT molecular complexity index is 962. The van der Waals surface area contributed by atoms with E-state index in [-0.39, 0.29) is 17.4 Å². The number of carbonyl (C=O) groups excluding carboxylic acids is 1. The summed E-state index contributed by atoms with van der Waals surface area (Å²) in [5, 5.41) is 10.9. The Morgan fingerprint density at radius 2 is 1.80 bits per heavy atom. The van der Waals surface area contributed by atoms with Crippen LogP contribution in [0.25, 0.3) is 5.69 Å². The van der Waals surface area contributed by atoms with Crippen molar-refractivity contribution in [1.29, 1.82) is 0 Å². The fraction of sp³-hybridized carbons (Fsp3) is 0.211. The fourth-order valence-electron chi connectivity index (χ4n) is 2.76. The number of benzene rings is 2. The van der Waals surface area contributed by atoms with Gasteiger partial charge in [-0.15, -0.1) is 5.10 Å². The van der Waals surface area contributed by atoms with E-state index in [1.165, 1.54) is 12.1 Å². The Balaban J connectivity index is 1.91. The third-order valence-electron chi connectivity index (χ3n) is 4.13. The number of anilines is 1. The van der Waals surface area contributed by atoms with E-state index in [1.807, 2.05) is 32.0 Å². The Hall–Kier alpha value is -3.02. The zero-order valence-electron chi connectivity index (χ0n) is 14.6. The number of aryl methyl sites for hydroxylation is 3. The number of halogens is 1. The molecule has 0 fully saturated rings. The van der Waals surface area contributed by atoms with Crippen molar-refractivity contribution in [3.63, 3.8) is 0 Å². The van der Waals surface area contributed by atoms with Crippen molar-refractivity contribution in [1.82, 2.24) is 15.0 Å². The van der Waals surface area contributed by atoms with Gasteiger partial charge in [0.25, 0.3) is 5.91 Å². The van der Waals surface area contributed by atoms with Crippen molar-refractivity contribution in [2.75, 3.05) is 5.32 Å².